The second-order valence-electron chi connectivity index (χ2n) is 8.79. The zero-order chi connectivity index (χ0) is 20.3. The Morgan fingerprint density at radius 1 is 1.10 bits per heavy atom. The van der Waals surface area contributed by atoms with Crippen molar-refractivity contribution in [3.05, 3.63) is 76.9 Å². The number of aryl methyl sites for hydroxylation is 1. The first kappa shape index (κ1) is 18.1. The van der Waals surface area contributed by atoms with Crippen LogP contribution in [0.2, 0.25) is 0 Å². The lowest BCUT2D eigenvalue weighted by atomic mass is 9.93. The van der Waals surface area contributed by atoms with Gasteiger partial charge in [0.25, 0.3) is 0 Å². The van der Waals surface area contributed by atoms with E-state index in [-0.39, 0.29) is 0 Å². The largest absolute Gasteiger partial charge is 0.303 e. The third kappa shape index (κ3) is 2.71. The average molecular weight is 383 g/mol. The lowest BCUT2D eigenvalue weighted by molar-refractivity contribution is -0.633. The summed E-state index contributed by atoms with van der Waals surface area (Å²) >= 11 is 0. The van der Waals surface area contributed by atoms with Gasteiger partial charge in [-0.1, -0.05) is 26.0 Å². The third-order valence-corrected chi connectivity index (χ3v) is 6.53. The van der Waals surface area contributed by atoms with Gasteiger partial charge in [-0.05, 0) is 60.6 Å². The Kier molecular flexibility index (Phi) is 4.09. The zero-order valence-electron chi connectivity index (χ0n) is 18.0. The highest BCUT2D eigenvalue weighted by molar-refractivity contribution is 5.82. The molecule has 0 saturated heterocycles. The fraction of sp³-hybridized carbons (Fsp3) is 0.308. The topological polar surface area (TPSA) is 21.7 Å². The first-order chi connectivity index (χ1) is 14.0. The molecule has 2 aromatic heterocycles. The van der Waals surface area contributed by atoms with E-state index < -0.39 is 0 Å². The first-order valence-corrected chi connectivity index (χ1v) is 10.5. The number of aromatic nitrogens is 3. The molecule has 0 aliphatic carbocycles. The second-order valence-corrected chi connectivity index (χ2v) is 8.79. The van der Waals surface area contributed by atoms with Gasteiger partial charge in [0.15, 0.2) is 0 Å². The standard InChI is InChI=1S/C26H28N3/c1-16(2)13-19-7-6-8-23-20(19)9-10-24(28(23)5)21-14-25-22(18(4)17(21)3)15-26-27-11-12-29(25)26/h6-12,14,16H,13,15H2,1-5H3/q+1. The van der Waals surface area contributed by atoms with E-state index in [1.807, 2.05) is 6.20 Å². The van der Waals surface area contributed by atoms with Crippen molar-refractivity contribution in [2.75, 3.05) is 0 Å². The number of nitrogens with zero attached hydrogens (tertiary/aromatic N) is 3. The van der Waals surface area contributed by atoms with E-state index in [1.165, 1.54) is 50.1 Å². The number of benzene rings is 2. The lowest BCUT2D eigenvalue weighted by Gasteiger charge is -2.14. The highest BCUT2D eigenvalue weighted by atomic mass is 15.1. The van der Waals surface area contributed by atoms with Crippen LogP contribution < -0.4 is 4.57 Å². The molecular weight excluding hydrogens is 354 g/mol. The summed E-state index contributed by atoms with van der Waals surface area (Å²) in [5.74, 6) is 1.79. The van der Waals surface area contributed by atoms with Crippen LogP contribution in [0.4, 0.5) is 0 Å². The molecule has 5 rings (SSSR count). The Morgan fingerprint density at radius 3 is 2.72 bits per heavy atom. The molecule has 1 aliphatic rings. The molecule has 1 aliphatic heterocycles. The maximum atomic E-state index is 4.53. The Labute approximate surface area is 172 Å². The van der Waals surface area contributed by atoms with E-state index in [0.29, 0.717) is 5.92 Å². The van der Waals surface area contributed by atoms with Crippen LogP contribution in [-0.2, 0) is 19.9 Å². The lowest BCUT2D eigenvalue weighted by Crippen LogP contribution is -2.32. The maximum absolute atomic E-state index is 4.53. The minimum absolute atomic E-state index is 0.650. The predicted octanol–water partition coefficient (Wildman–Crippen LogP) is 5.24. The van der Waals surface area contributed by atoms with Crippen molar-refractivity contribution < 1.29 is 4.57 Å². The molecule has 0 saturated carbocycles. The molecule has 29 heavy (non-hydrogen) atoms. The fourth-order valence-electron chi connectivity index (χ4n) is 4.88. The van der Waals surface area contributed by atoms with Crippen molar-refractivity contribution in [2.45, 2.75) is 40.5 Å². The maximum Gasteiger partial charge on any atom is 0.213 e. The van der Waals surface area contributed by atoms with Gasteiger partial charge in [0, 0.05) is 36.3 Å². The molecule has 0 amide bonds. The van der Waals surface area contributed by atoms with Crippen molar-refractivity contribution in [3.8, 4) is 16.9 Å². The van der Waals surface area contributed by atoms with Gasteiger partial charge in [0.1, 0.15) is 12.9 Å². The Bertz CT molecular complexity index is 1260. The number of hydrogen-bond acceptors (Lipinski definition) is 1. The quantitative estimate of drug-likeness (QED) is 0.391. The van der Waals surface area contributed by atoms with Gasteiger partial charge in [-0.25, -0.2) is 4.98 Å². The molecule has 0 unspecified atom stereocenters. The third-order valence-electron chi connectivity index (χ3n) is 6.53. The van der Waals surface area contributed by atoms with Crippen LogP contribution in [-0.4, -0.2) is 9.55 Å². The number of rotatable bonds is 3. The van der Waals surface area contributed by atoms with Gasteiger partial charge in [-0.2, -0.15) is 4.57 Å². The van der Waals surface area contributed by atoms with E-state index in [4.69, 9.17) is 0 Å². The van der Waals surface area contributed by atoms with Gasteiger partial charge in [0.05, 0.1) is 11.3 Å². The van der Waals surface area contributed by atoms with Crippen molar-refractivity contribution in [2.24, 2.45) is 13.0 Å². The van der Waals surface area contributed by atoms with Crippen LogP contribution >= 0.6 is 0 Å². The fourth-order valence-corrected chi connectivity index (χ4v) is 4.88. The van der Waals surface area contributed by atoms with E-state index >= 15 is 0 Å². The summed E-state index contributed by atoms with van der Waals surface area (Å²) in [4.78, 5) is 4.53. The van der Waals surface area contributed by atoms with Gasteiger partial charge < -0.3 is 4.57 Å². The molecule has 4 aromatic rings. The number of fused-ring (bicyclic) bond motifs is 4. The number of hydrogen-bond donors (Lipinski definition) is 0. The van der Waals surface area contributed by atoms with Crippen LogP contribution in [0.15, 0.2) is 48.8 Å². The zero-order valence-corrected chi connectivity index (χ0v) is 18.0. The summed E-state index contributed by atoms with van der Waals surface area (Å²) < 4.78 is 4.60. The van der Waals surface area contributed by atoms with Crippen molar-refractivity contribution >= 4 is 10.9 Å². The Balaban J connectivity index is 1.72. The molecule has 0 spiro atoms. The SMILES string of the molecule is Cc1c(-c2ccc3c(CC(C)C)cccc3[n+]2C)cc2c(c1C)Cc1nccn1-2. The Morgan fingerprint density at radius 2 is 1.93 bits per heavy atom. The molecular formula is C26H28N3+. The summed E-state index contributed by atoms with van der Waals surface area (Å²) in [6.07, 6.45) is 6.02. The van der Waals surface area contributed by atoms with Gasteiger partial charge in [-0.15, -0.1) is 0 Å². The van der Waals surface area contributed by atoms with E-state index in [0.717, 1.165) is 18.7 Å². The molecule has 2 aromatic carbocycles. The van der Waals surface area contributed by atoms with E-state index in [1.54, 1.807) is 0 Å². The highest BCUT2D eigenvalue weighted by Gasteiger charge is 2.26. The molecule has 0 N–H and O–H groups in total. The summed E-state index contributed by atoms with van der Waals surface area (Å²) in [5, 5.41) is 1.36. The minimum Gasteiger partial charge on any atom is -0.303 e. The van der Waals surface area contributed by atoms with Crippen molar-refractivity contribution in [1.82, 2.24) is 9.55 Å². The summed E-state index contributed by atoms with van der Waals surface area (Å²) in [6, 6.07) is 13.7. The predicted molar refractivity (Wildman–Crippen MR) is 119 cm³/mol. The molecule has 0 radical (unpaired) electrons. The van der Waals surface area contributed by atoms with Gasteiger partial charge in [0.2, 0.25) is 11.2 Å². The molecule has 3 heterocycles. The molecule has 0 bridgehead atoms. The van der Waals surface area contributed by atoms with Crippen LogP contribution in [0.25, 0.3) is 27.8 Å². The van der Waals surface area contributed by atoms with Crippen molar-refractivity contribution in [1.29, 1.82) is 0 Å². The number of imidazole rings is 1. The molecule has 3 heteroatoms. The van der Waals surface area contributed by atoms with E-state index in [2.05, 4.69) is 91.5 Å². The molecule has 3 nitrogen and oxygen atoms in total. The summed E-state index contributed by atoms with van der Waals surface area (Å²) in [5.41, 5.74) is 10.7. The molecule has 0 fully saturated rings. The smallest absolute Gasteiger partial charge is 0.213 e. The van der Waals surface area contributed by atoms with E-state index in [9.17, 15) is 0 Å². The van der Waals surface area contributed by atoms with Crippen LogP contribution in [0, 0.1) is 19.8 Å². The normalized spacial score (nSPS) is 12.6. The van der Waals surface area contributed by atoms with Crippen LogP contribution in [0.3, 0.4) is 0 Å². The number of pyridine rings is 1. The minimum atomic E-state index is 0.650. The van der Waals surface area contributed by atoms with Gasteiger partial charge >= 0.3 is 0 Å². The molecule has 146 valence electrons. The summed E-state index contributed by atoms with van der Waals surface area (Å²) in [7, 11) is 2.20. The average Bonchev–Trinajstić information content (AvgIpc) is 3.27. The van der Waals surface area contributed by atoms with Crippen LogP contribution in [0.1, 0.15) is 41.9 Å². The molecule has 0 atom stereocenters. The van der Waals surface area contributed by atoms with Crippen LogP contribution in [0.5, 0.6) is 0 Å². The second kappa shape index (κ2) is 6.55. The monoisotopic (exact) mass is 382 g/mol. The van der Waals surface area contributed by atoms with Gasteiger partial charge in [-0.3, -0.25) is 0 Å². The first-order valence-electron chi connectivity index (χ1n) is 10.5. The highest BCUT2D eigenvalue weighted by Crippen LogP contribution is 2.36. The summed E-state index contributed by atoms with van der Waals surface area (Å²) in [6.45, 7) is 9.08. The van der Waals surface area contributed by atoms with Crippen molar-refractivity contribution in [3.63, 3.8) is 0 Å². The Hall–Kier alpha value is -2.94.